The molecule has 0 radical (unpaired) electrons. The molecule has 0 aromatic carbocycles. The van der Waals surface area contributed by atoms with Crippen molar-refractivity contribution in [1.29, 1.82) is 0 Å². The number of hydrogen-bond donors (Lipinski definition) is 1. The van der Waals surface area contributed by atoms with Gasteiger partial charge in [0.25, 0.3) is 11.8 Å². The van der Waals surface area contributed by atoms with Gasteiger partial charge < -0.3 is 24.6 Å². The van der Waals surface area contributed by atoms with Crippen LogP contribution in [0.1, 0.15) is 23.3 Å². The van der Waals surface area contributed by atoms with Crippen LogP contribution in [-0.2, 0) is 16.0 Å². The third-order valence-electron chi connectivity index (χ3n) is 4.89. The van der Waals surface area contributed by atoms with E-state index in [2.05, 4.69) is 15.6 Å². The zero-order valence-electron chi connectivity index (χ0n) is 16.4. The van der Waals surface area contributed by atoms with E-state index in [1.165, 1.54) is 10.9 Å². The van der Waals surface area contributed by atoms with Gasteiger partial charge in [-0.3, -0.25) is 4.79 Å². The molecule has 2 saturated heterocycles. The van der Waals surface area contributed by atoms with Crippen molar-refractivity contribution in [2.45, 2.75) is 31.4 Å². The second-order valence-corrected chi connectivity index (χ2v) is 7.15. The van der Waals surface area contributed by atoms with Crippen molar-refractivity contribution < 1.29 is 27.8 Å². The summed E-state index contributed by atoms with van der Waals surface area (Å²) in [5.74, 6) is -3.24. The number of nitrogens with zero attached hydrogens (tertiary/aromatic N) is 5. The first-order valence-electron chi connectivity index (χ1n) is 9.58. The van der Waals surface area contributed by atoms with Gasteiger partial charge in [-0.2, -0.15) is 0 Å². The van der Waals surface area contributed by atoms with E-state index in [0.29, 0.717) is 45.9 Å². The van der Waals surface area contributed by atoms with Crippen molar-refractivity contribution >= 4 is 11.9 Å². The van der Waals surface area contributed by atoms with E-state index >= 15 is 0 Å². The topological polar surface area (TPSA) is 102 Å². The number of methoxy groups -OCH3 is 1. The molecule has 10 nitrogen and oxygen atoms in total. The van der Waals surface area contributed by atoms with Crippen LogP contribution in [-0.4, -0.2) is 102 Å². The maximum atomic E-state index is 14.0. The van der Waals surface area contributed by atoms with Crippen LogP contribution < -0.4 is 5.32 Å². The summed E-state index contributed by atoms with van der Waals surface area (Å²) in [6.45, 7) is 2.06. The molecule has 3 rings (SSSR count). The number of halogens is 2. The molecule has 0 aliphatic carbocycles. The lowest BCUT2D eigenvalue weighted by Gasteiger charge is -2.25. The van der Waals surface area contributed by atoms with Gasteiger partial charge in [0.05, 0.1) is 38.5 Å². The van der Waals surface area contributed by atoms with Gasteiger partial charge in [0.1, 0.15) is 0 Å². The van der Waals surface area contributed by atoms with Crippen LogP contribution in [0.5, 0.6) is 0 Å². The van der Waals surface area contributed by atoms with Gasteiger partial charge >= 0.3 is 6.03 Å². The minimum Gasteiger partial charge on any atom is -0.385 e. The average Bonchev–Trinajstić information content (AvgIpc) is 3.29. The first-order valence-corrected chi connectivity index (χ1v) is 9.58. The van der Waals surface area contributed by atoms with Crippen molar-refractivity contribution in [3.8, 4) is 0 Å². The van der Waals surface area contributed by atoms with Gasteiger partial charge in [-0.1, -0.05) is 5.21 Å². The van der Waals surface area contributed by atoms with Crippen LogP contribution in [0.3, 0.4) is 0 Å². The molecule has 1 atom stereocenters. The number of amides is 3. The monoisotopic (exact) mass is 416 g/mol. The lowest BCUT2D eigenvalue weighted by atomic mass is 10.2. The largest absolute Gasteiger partial charge is 0.385 e. The number of alkyl halides is 2. The highest BCUT2D eigenvalue weighted by atomic mass is 19.3. The van der Waals surface area contributed by atoms with Crippen LogP contribution in [0.25, 0.3) is 0 Å². The summed E-state index contributed by atoms with van der Waals surface area (Å²) in [5, 5.41) is 10.4. The Labute approximate surface area is 167 Å². The third-order valence-corrected chi connectivity index (χ3v) is 4.89. The van der Waals surface area contributed by atoms with E-state index in [1.54, 1.807) is 12.0 Å². The zero-order chi connectivity index (χ0) is 20.9. The Balaban J connectivity index is 1.60. The van der Waals surface area contributed by atoms with Crippen molar-refractivity contribution in [3.63, 3.8) is 0 Å². The number of morpholine rings is 1. The predicted octanol–water partition coefficient (Wildman–Crippen LogP) is 0.206. The van der Waals surface area contributed by atoms with Crippen LogP contribution in [0.2, 0.25) is 0 Å². The summed E-state index contributed by atoms with van der Waals surface area (Å²) in [5.41, 5.74) is 0.146. The molecule has 0 spiro atoms. The number of hydrogen-bond acceptors (Lipinski definition) is 6. The molecular formula is C17H26F2N6O4. The van der Waals surface area contributed by atoms with Crippen molar-refractivity contribution in [2.24, 2.45) is 0 Å². The lowest BCUT2D eigenvalue weighted by molar-refractivity contribution is 0.0145. The molecule has 1 N–H and O–H groups in total. The number of aromatic nitrogens is 3. The molecule has 1 unspecified atom stereocenters. The molecule has 12 heteroatoms. The van der Waals surface area contributed by atoms with Crippen molar-refractivity contribution in [3.05, 3.63) is 11.9 Å². The standard InChI is InChI=1S/C17H26F2N6O4/c1-28-6-2-3-20-16(27)25-12-17(18,19)9-13(25)10-24-11-14(21-22-24)15(26)23-4-7-29-8-5-23/h11,13H,2-10,12H2,1H3,(H,20,27). The van der Waals surface area contributed by atoms with E-state index in [-0.39, 0.29) is 18.1 Å². The number of carbonyl (C=O) groups excluding carboxylic acids is 2. The Hall–Kier alpha value is -2.34. The quantitative estimate of drug-likeness (QED) is 0.638. The van der Waals surface area contributed by atoms with Gasteiger partial charge in [0, 0.05) is 39.8 Å². The second-order valence-electron chi connectivity index (χ2n) is 7.15. The molecule has 2 aliphatic heterocycles. The highest BCUT2D eigenvalue weighted by Crippen LogP contribution is 2.32. The smallest absolute Gasteiger partial charge is 0.317 e. The van der Waals surface area contributed by atoms with Gasteiger partial charge in [-0.15, -0.1) is 5.10 Å². The fourth-order valence-electron chi connectivity index (χ4n) is 3.44. The number of nitrogens with one attached hydrogen (secondary N) is 1. The summed E-state index contributed by atoms with van der Waals surface area (Å²) in [7, 11) is 1.55. The lowest BCUT2D eigenvalue weighted by Crippen LogP contribution is -2.45. The predicted molar refractivity (Wildman–Crippen MR) is 96.7 cm³/mol. The Morgan fingerprint density at radius 3 is 2.86 bits per heavy atom. The molecule has 2 fully saturated rings. The van der Waals surface area contributed by atoms with Crippen molar-refractivity contribution in [2.75, 3.05) is 53.1 Å². The van der Waals surface area contributed by atoms with Gasteiger partial charge in [0.2, 0.25) is 0 Å². The number of likely N-dealkylation sites (tertiary alicyclic amines) is 1. The Morgan fingerprint density at radius 1 is 1.38 bits per heavy atom. The molecule has 162 valence electrons. The summed E-state index contributed by atoms with van der Waals surface area (Å²) >= 11 is 0. The third kappa shape index (κ3) is 5.60. The van der Waals surface area contributed by atoms with E-state index in [4.69, 9.17) is 9.47 Å². The second kappa shape index (κ2) is 9.44. The SMILES string of the molecule is COCCCNC(=O)N1CC(F)(F)CC1Cn1cc(C(=O)N2CCOCC2)nn1. The Morgan fingerprint density at radius 2 is 2.14 bits per heavy atom. The van der Waals surface area contributed by atoms with Gasteiger partial charge in [-0.25, -0.2) is 18.3 Å². The molecular weight excluding hydrogens is 390 g/mol. The van der Waals surface area contributed by atoms with E-state index in [0.717, 1.165) is 4.90 Å². The van der Waals surface area contributed by atoms with Crippen molar-refractivity contribution in [1.82, 2.24) is 30.1 Å². The van der Waals surface area contributed by atoms with Gasteiger partial charge in [-0.05, 0) is 6.42 Å². The van der Waals surface area contributed by atoms with E-state index < -0.39 is 31.0 Å². The fraction of sp³-hybridized carbons (Fsp3) is 0.765. The van der Waals surface area contributed by atoms with Crippen LogP contribution in [0.15, 0.2) is 6.20 Å². The number of carbonyl (C=O) groups is 2. The zero-order valence-corrected chi connectivity index (χ0v) is 16.4. The Kier molecular flexibility index (Phi) is 6.96. The molecule has 0 saturated carbocycles. The highest BCUT2D eigenvalue weighted by molar-refractivity contribution is 5.92. The first-order chi connectivity index (χ1) is 13.9. The maximum Gasteiger partial charge on any atom is 0.317 e. The molecule has 2 aliphatic rings. The molecule has 1 aromatic heterocycles. The summed E-state index contributed by atoms with van der Waals surface area (Å²) in [6, 6.07) is -1.30. The number of ether oxygens (including phenoxy) is 2. The minimum absolute atomic E-state index is 0.0322. The number of urea groups is 1. The minimum atomic E-state index is -2.97. The first kappa shape index (κ1) is 21.4. The Bertz CT molecular complexity index is 710. The van der Waals surface area contributed by atoms with E-state index in [9.17, 15) is 18.4 Å². The highest BCUT2D eigenvalue weighted by Gasteiger charge is 2.47. The maximum absolute atomic E-state index is 14.0. The van der Waals surface area contributed by atoms with Crippen LogP contribution in [0, 0.1) is 0 Å². The normalized spacial score (nSPS) is 21.4. The fourth-order valence-corrected chi connectivity index (χ4v) is 3.44. The van der Waals surface area contributed by atoms with Crippen LogP contribution >= 0.6 is 0 Å². The number of rotatable bonds is 7. The molecule has 3 amide bonds. The van der Waals surface area contributed by atoms with Gasteiger partial charge in [0.15, 0.2) is 5.69 Å². The summed E-state index contributed by atoms with van der Waals surface area (Å²) < 4.78 is 39.4. The summed E-state index contributed by atoms with van der Waals surface area (Å²) in [6.07, 6.45) is 1.56. The summed E-state index contributed by atoms with van der Waals surface area (Å²) in [4.78, 5) is 27.5. The average molecular weight is 416 g/mol. The molecule has 1 aromatic rings. The molecule has 0 bridgehead atoms. The van der Waals surface area contributed by atoms with Crippen LogP contribution in [0.4, 0.5) is 13.6 Å². The van der Waals surface area contributed by atoms with E-state index in [1.807, 2.05) is 0 Å². The molecule has 3 heterocycles. The molecule has 29 heavy (non-hydrogen) atoms.